The maximum Gasteiger partial charge on any atom is 0.325 e. The third-order valence-corrected chi connectivity index (χ3v) is 4.11. The number of rotatable bonds is 4. The zero-order valence-corrected chi connectivity index (χ0v) is 14.0. The van der Waals surface area contributed by atoms with Crippen molar-refractivity contribution in [3.05, 3.63) is 35.5 Å². The molecule has 0 N–H and O–H groups in total. The second-order valence-corrected chi connectivity index (χ2v) is 5.74. The number of hydrogen-bond donors (Lipinski definition) is 0. The molecule has 120 valence electrons. The van der Waals surface area contributed by atoms with Crippen molar-refractivity contribution in [1.82, 2.24) is 9.47 Å². The summed E-state index contributed by atoms with van der Waals surface area (Å²) in [5, 5.41) is 1.27. The van der Waals surface area contributed by atoms with Gasteiger partial charge in [0.15, 0.2) is 0 Å². The maximum atomic E-state index is 12.0. The lowest BCUT2D eigenvalue weighted by Crippen LogP contribution is -2.28. The third kappa shape index (κ3) is 3.13. The van der Waals surface area contributed by atoms with Crippen molar-refractivity contribution in [1.29, 1.82) is 0 Å². The Morgan fingerprint density at radius 1 is 1.32 bits per heavy atom. The van der Waals surface area contributed by atoms with Gasteiger partial charge in [-0.1, -0.05) is 25.1 Å². The summed E-state index contributed by atoms with van der Waals surface area (Å²) < 4.78 is 7.40. The monoisotopic (exact) mass is 322 g/mol. The van der Waals surface area contributed by atoms with Crippen LogP contribution < -0.4 is 0 Å². The first kappa shape index (κ1) is 16.8. The number of halogens is 1. The number of likely N-dealkylation sites (N-methyl/N-ethyl adjacent to an activating group) is 1. The van der Waals surface area contributed by atoms with E-state index in [4.69, 9.17) is 4.74 Å². The number of ether oxygens (including phenoxy) is 1. The van der Waals surface area contributed by atoms with Gasteiger partial charge in [-0.15, -0.1) is 12.4 Å². The summed E-state index contributed by atoms with van der Waals surface area (Å²) in [6.45, 7) is 4.82. The van der Waals surface area contributed by atoms with Crippen molar-refractivity contribution in [3.63, 3.8) is 0 Å². The van der Waals surface area contributed by atoms with Crippen molar-refractivity contribution >= 4 is 29.3 Å². The highest BCUT2D eigenvalue weighted by atomic mass is 35.5. The molecule has 1 aromatic carbocycles. The molecule has 4 nitrogen and oxygen atoms in total. The molecule has 0 fully saturated rings. The minimum atomic E-state index is -0.140. The van der Waals surface area contributed by atoms with E-state index >= 15 is 0 Å². The molecule has 0 saturated heterocycles. The van der Waals surface area contributed by atoms with Gasteiger partial charge >= 0.3 is 5.97 Å². The highest BCUT2D eigenvalue weighted by Gasteiger charge is 2.23. The van der Waals surface area contributed by atoms with Crippen LogP contribution in [0, 0.1) is 0 Å². The van der Waals surface area contributed by atoms with Crippen LogP contribution in [0.5, 0.6) is 0 Å². The minimum absolute atomic E-state index is 0. The van der Waals surface area contributed by atoms with Crippen LogP contribution in [0.4, 0.5) is 0 Å². The topological polar surface area (TPSA) is 34.5 Å². The van der Waals surface area contributed by atoms with Crippen LogP contribution in [0.1, 0.15) is 24.6 Å². The normalized spacial score (nSPS) is 14.5. The molecule has 0 atom stereocenters. The summed E-state index contributed by atoms with van der Waals surface area (Å²) in [4.78, 5) is 14.3. The molecule has 0 bridgehead atoms. The maximum absolute atomic E-state index is 12.0. The fraction of sp³-hybridized carbons (Fsp3) is 0.471. The lowest BCUT2D eigenvalue weighted by atomic mass is 10.1. The van der Waals surface area contributed by atoms with Crippen molar-refractivity contribution in [2.45, 2.75) is 32.9 Å². The van der Waals surface area contributed by atoms with Gasteiger partial charge in [0.2, 0.25) is 0 Å². The fourth-order valence-corrected chi connectivity index (χ4v) is 3.11. The van der Waals surface area contributed by atoms with Crippen LogP contribution in [0.2, 0.25) is 0 Å². The first-order valence-electron chi connectivity index (χ1n) is 7.64. The number of aromatic nitrogens is 1. The predicted molar refractivity (Wildman–Crippen MR) is 90.5 cm³/mol. The Morgan fingerprint density at radius 3 is 2.86 bits per heavy atom. The molecule has 1 aliphatic rings. The molecule has 0 radical (unpaired) electrons. The zero-order valence-electron chi connectivity index (χ0n) is 13.2. The molecule has 1 aromatic heterocycles. The molecule has 1 aliphatic heterocycles. The van der Waals surface area contributed by atoms with Crippen LogP contribution in [0.3, 0.4) is 0 Å². The molecule has 0 aliphatic carbocycles. The molecule has 3 rings (SSSR count). The first-order valence-corrected chi connectivity index (χ1v) is 7.64. The number of esters is 1. The molecule has 5 heteroatoms. The lowest BCUT2D eigenvalue weighted by molar-refractivity contribution is -0.144. The number of carbonyl (C=O) groups excluding carboxylic acids is 1. The first-order chi connectivity index (χ1) is 10.2. The van der Waals surface area contributed by atoms with Crippen LogP contribution in [-0.2, 0) is 29.0 Å². The Kier molecular flexibility index (Phi) is 5.48. The molecular weight excluding hydrogens is 300 g/mol. The SMILES string of the molecule is CCCOC(=O)Cn1c2c(c3ccccc31)CN(C)CC2.Cl. The number of fused-ring (bicyclic) bond motifs is 3. The minimum Gasteiger partial charge on any atom is -0.464 e. The molecule has 22 heavy (non-hydrogen) atoms. The van der Waals surface area contributed by atoms with Crippen molar-refractivity contribution in [2.24, 2.45) is 0 Å². The summed E-state index contributed by atoms with van der Waals surface area (Å²) >= 11 is 0. The van der Waals surface area contributed by atoms with E-state index in [0.29, 0.717) is 13.2 Å². The molecule has 0 spiro atoms. The van der Waals surface area contributed by atoms with E-state index in [0.717, 1.165) is 31.4 Å². The summed E-state index contributed by atoms with van der Waals surface area (Å²) in [5.74, 6) is -0.140. The number of para-hydroxylation sites is 1. The lowest BCUT2D eigenvalue weighted by Gasteiger charge is -2.24. The van der Waals surface area contributed by atoms with Gasteiger partial charge in [0.05, 0.1) is 6.61 Å². The molecule has 0 amide bonds. The van der Waals surface area contributed by atoms with E-state index in [-0.39, 0.29) is 18.4 Å². The quantitative estimate of drug-likeness (QED) is 0.812. The number of carbonyl (C=O) groups is 1. The molecular formula is C17H23ClN2O2. The fourth-order valence-electron chi connectivity index (χ4n) is 3.11. The Labute approximate surface area is 137 Å². The Morgan fingerprint density at radius 2 is 2.09 bits per heavy atom. The standard InChI is InChI=1S/C17H22N2O2.ClH/c1-3-10-21-17(20)12-19-15-7-5-4-6-13(15)14-11-18(2)9-8-16(14)19;/h4-7H,3,8-12H2,1-2H3;1H. The molecule has 2 heterocycles. The second kappa shape index (κ2) is 7.16. The third-order valence-electron chi connectivity index (χ3n) is 4.11. The Hall–Kier alpha value is -1.52. The van der Waals surface area contributed by atoms with Gasteiger partial charge in [0, 0.05) is 36.1 Å². The number of benzene rings is 1. The van der Waals surface area contributed by atoms with Gasteiger partial charge in [-0.3, -0.25) is 4.79 Å². The van der Waals surface area contributed by atoms with Crippen LogP contribution >= 0.6 is 12.4 Å². The molecule has 0 unspecified atom stereocenters. The Bertz CT molecular complexity index is 666. The van der Waals surface area contributed by atoms with E-state index in [1.807, 2.05) is 13.0 Å². The van der Waals surface area contributed by atoms with Crippen LogP contribution in [0.25, 0.3) is 10.9 Å². The average Bonchev–Trinajstić information content (AvgIpc) is 2.79. The van der Waals surface area contributed by atoms with E-state index in [1.54, 1.807) is 0 Å². The van der Waals surface area contributed by atoms with Crippen LogP contribution in [-0.4, -0.2) is 35.6 Å². The van der Waals surface area contributed by atoms with Crippen LogP contribution in [0.15, 0.2) is 24.3 Å². The van der Waals surface area contributed by atoms with Gasteiger partial charge in [-0.05, 0) is 25.1 Å². The van der Waals surface area contributed by atoms with Gasteiger partial charge in [-0.25, -0.2) is 0 Å². The number of hydrogen-bond acceptors (Lipinski definition) is 3. The van der Waals surface area contributed by atoms with E-state index < -0.39 is 0 Å². The summed E-state index contributed by atoms with van der Waals surface area (Å²) in [6, 6.07) is 8.35. The van der Waals surface area contributed by atoms with Gasteiger partial charge in [-0.2, -0.15) is 0 Å². The molecule has 2 aromatic rings. The van der Waals surface area contributed by atoms with Gasteiger partial charge in [0.1, 0.15) is 6.54 Å². The highest BCUT2D eigenvalue weighted by Crippen LogP contribution is 2.30. The van der Waals surface area contributed by atoms with E-state index in [2.05, 4.69) is 34.7 Å². The number of nitrogens with zero attached hydrogens (tertiary/aromatic N) is 2. The van der Waals surface area contributed by atoms with Crippen molar-refractivity contribution in [2.75, 3.05) is 20.2 Å². The largest absolute Gasteiger partial charge is 0.464 e. The summed E-state index contributed by atoms with van der Waals surface area (Å²) in [5.41, 5.74) is 3.80. The van der Waals surface area contributed by atoms with E-state index in [9.17, 15) is 4.79 Å². The summed E-state index contributed by atoms with van der Waals surface area (Å²) in [6.07, 6.45) is 1.85. The van der Waals surface area contributed by atoms with Crippen molar-refractivity contribution < 1.29 is 9.53 Å². The van der Waals surface area contributed by atoms with Gasteiger partial charge in [0.25, 0.3) is 0 Å². The average molecular weight is 323 g/mol. The summed E-state index contributed by atoms with van der Waals surface area (Å²) in [7, 11) is 2.14. The van der Waals surface area contributed by atoms with Crippen molar-refractivity contribution in [3.8, 4) is 0 Å². The van der Waals surface area contributed by atoms with E-state index in [1.165, 1.54) is 16.6 Å². The smallest absolute Gasteiger partial charge is 0.325 e. The predicted octanol–water partition coefficient (Wildman–Crippen LogP) is 3.00. The molecule has 0 saturated carbocycles. The zero-order chi connectivity index (χ0) is 14.8. The Balaban J connectivity index is 0.00000176. The van der Waals surface area contributed by atoms with Gasteiger partial charge < -0.3 is 14.2 Å². The second-order valence-electron chi connectivity index (χ2n) is 5.74. The highest BCUT2D eigenvalue weighted by molar-refractivity contribution is 5.87.